The number of halogens is 3. The lowest BCUT2D eigenvalue weighted by Gasteiger charge is -2.34. The summed E-state index contributed by atoms with van der Waals surface area (Å²) < 4.78 is 13.4. The molecule has 1 atom stereocenters. The maximum atomic E-state index is 13.6. The highest BCUT2D eigenvalue weighted by Gasteiger charge is 2.32. The third-order valence-corrected chi connectivity index (χ3v) is 6.11. The Kier molecular flexibility index (Phi) is 8.92. The van der Waals surface area contributed by atoms with Gasteiger partial charge in [-0.1, -0.05) is 71.7 Å². The molecule has 3 aromatic rings. The van der Waals surface area contributed by atoms with Crippen LogP contribution in [0.3, 0.4) is 0 Å². The van der Waals surface area contributed by atoms with Gasteiger partial charge in [-0.15, -0.1) is 0 Å². The molecule has 2 amide bonds. The highest BCUT2D eigenvalue weighted by atomic mass is 35.5. The molecule has 0 aromatic heterocycles. The lowest BCUT2D eigenvalue weighted by molar-refractivity contribution is -0.141. The molecular weight excluding hydrogens is 486 g/mol. The summed E-state index contributed by atoms with van der Waals surface area (Å²) in [5.41, 5.74) is 1.84. The number of benzene rings is 3. The molecular formula is C28H29Cl2FN2O2. The van der Waals surface area contributed by atoms with E-state index < -0.39 is 11.6 Å². The Labute approximate surface area is 216 Å². The lowest BCUT2D eigenvalue weighted by atomic mass is 10.00. The number of rotatable bonds is 8. The van der Waals surface area contributed by atoms with E-state index in [-0.39, 0.29) is 30.6 Å². The molecule has 0 fully saturated rings. The van der Waals surface area contributed by atoms with Crippen molar-refractivity contribution < 1.29 is 14.0 Å². The third-order valence-electron chi connectivity index (χ3n) is 5.37. The minimum atomic E-state index is -0.779. The summed E-state index contributed by atoms with van der Waals surface area (Å²) in [6.45, 7) is 5.85. The van der Waals surface area contributed by atoms with Crippen molar-refractivity contribution in [2.75, 3.05) is 0 Å². The van der Waals surface area contributed by atoms with Gasteiger partial charge in [-0.2, -0.15) is 0 Å². The Hall–Kier alpha value is -2.89. The quantitative estimate of drug-likeness (QED) is 0.387. The van der Waals surface area contributed by atoms with Crippen molar-refractivity contribution in [3.8, 4) is 0 Å². The molecule has 1 N–H and O–H groups in total. The smallest absolute Gasteiger partial charge is 0.243 e. The molecule has 0 heterocycles. The zero-order chi connectivity index (χ0) is 25.6. The van der Waals surface area contributed by atoms with Crippen LogP contribution in [-0.4, -0.2) is 28.3 Å². The fraction of sp³-hybridized carbons (Fsp3) is 0.286. The minimum Gasteiger partial charge on any atom is -0.350 e. The van der Waals surface area contributed by atoms with Gasteiger partial charge in [0.2, 0.25) is 11.8 Å². The van der Waals surface area contributed by atoms with E-state index in [1.165, 1.54) is 12.1 Å². The lowest BCUT2D eigenvalue weighted by Crippen LogP contribution is -2.54. The van der Waals surface area contributed by atoms with Crippen LogP contribution < -0.4 is 5.32 Å². The Balaban J connectivity index is 2.00. The molecule has 0 radical (unpaired) electrons. The first-order chi connectivity index (χ1) is 16.5. The van der Waals surface area contributed by atoms with Gasteiger partial charge in [0.25, 0.3) is 0 Å². The fourth-order valence-electron chi connectivity index (χ4n) is 3.72. The molecule has 3 aromatic carbocycles. The van der Waals surface area contributed by atoms with E-state index in [0.717, 1.165) is 11.1 Å². The van der Waals surface area contributed by atoms with Gasteiger partial charge >= 0.3 is 0 Å². The fourth-order valence-corrected chi connectivity index (χ4v) is 4.04. The van der Waals surface area contributed by atoms with Gasteiger partial charge in [-0.25, -0.2) is 4.39 Å². The second kappa shape index (κ2) is 11.7. The van der Waals surface area contributed by atoms with Crippen LogP contribution in [0.1, 0.15) is 37.5 Å². The number of amides is 2. The Morgan fingerprint density at radius 3 is 2.11 bits per heavy atom. The summed E-state index contributed by atoms with van der Waals surface area (Å²) in [7, 11) is 0. The zero-order valence-corrected chi connectivity index (χ0v) is 21.5. The molecule has 7 heteroatoms. The predicted octanol–water partition coefficient (Wildman–Crippen LogP) is 6.23. The van der Waals surface area contributed by atoms with E-state index in [1.54, 1.807) is 35.2 Å². The minimum absolute atomic E-state index is 0.0235. The number of hydrogen-bond acceptors (Lipinski definition) is 2. The predicted molar refractivity (Wildman–Crippen MR) is 139 cm³/mol. The van der Waals surface area contributed by atoms with E-state index >= 15 is 0 Å². The molecule has 0 unspecified atom stereocenters. The molecule has 184 valence electrons. The number of nitrogens with zero attached hydrogens (tertiary/aromatic N) is 1. The molecule has 0 aliphatic rings. The molecule has 0 aliphatic heterocycles. The van der Waals surface area contributed by atoms with Gasteiger partial charge < -0.3 is 10.2 Å². The van der Waals surface area contributed by atoms with E-state index in [1.807, 2.05) is 51.1 Å². The number of hydrogen-bond donors (Lipinski definition) is 1. The van der Waals surface area contributed by atoms with Crippen LogP contribution in [0.25, 0.3) is 0 Å². The number of nitrogens with one attached hydrogen (secondary N) is 1. The largest absolute Gasteiger partial charge is 0.350 e. The second-order valence-electron chi connectivity index (χ2n) is 9.52. The molecule has 3 rings (SSSR count). The average Bonchev–Trinajstić information content (AvgIpc) is 2.79. The van der Waals surface area contributed by atoms with Crippen LogP contribution in [0.5, 0.6) is 0 Å². The van der Waals surface area contributed by atoms with Crippen LogP contribution in [0, 0.1) is 5.82 Å². The molecule has 0 saturated heterocycles. The van der Waals surface area contributed by atoms with Crippen LogP contribution in [0.2, 0.25) is 10.0 Å². The van der Waals surface area contributed by atoms with Crippen molar-refractivity contribution >= 4 is 35.0 Å². The van der Waals surface area contributed by atoms with Gasteiger partial charge in [-0.3, -0.25) is 9.59 Å². The molecule has 0 bridgehead atoms. The maximum Gasteiger partial charge on any atom is 0.243 e. The first kappa shape index (κ1) is 26.7. The molecule has 0 spiro atoms. The summed E-state index contributed by atoms with van der Waals surface area (Å²) in [6, 6.07) is 19.7. The monoisotopic (exact) mass is 514 g/mol. The van der Waals surface area contributed by atoms with Crippen molar-refractivity contribution in [2.45, 2.75) is 51.7 Å². The normalized spacial score (nSPS) is 12.2. The SMILES string of the molecule is CC(C)(C)NC(=O)[C@@H](Cc1ccccc1)N(Cc1ccc(Cl)c(Cl)c1)C(=O)Cc1ccc(F)cc1. The molecule has 0 aliphatic carbocycles. The summed E-state index contributed by atoms with van der Waals surface area (Å²) in [6.07, 6.45) is 0.356. The van der Waals surface area contributed by atoms with Crippen molar-refractivity contribution in [3.05, 3.63) is 105 Å². The van der Waals surface area contributed by atoms with Crippen molar-refractivity contribution in [2.24, 2.45) is 0 Å². The number of carbonyl (C=O) groups excluding carboxylic acids is 2. The summed E-state index contributed by atoms with van der Waals surface area (Å²) >= 11 is 12.3. The summed E-state index contributed by atoms with van der Waals surface area (Å²) in [5.74, 6) is -0.887. The molecule has 4 nitrogen and oxygen atoms in total. The van der Waals surface area contributed by atoms with Gasteiger partial charge in [0, 0.05) is 18.5 Å². The Morgan fingerprint density at radius 2 is 1.51 bits per heavy atom. The van der Waals surface area contributed by atoms with Crippen LogP contribution in [0.4, 0.5) is 4.39 Å². The van der Waals surface area contributed by atoms with Crippen LogP contribution in [0.15, 0.2) is 72.8 Å². The average molecular weight is 515 g/mol. The highest BCUT2D eigenvalue weighted by molar-refractivity contribution is 6.42. The zero-order valence-electron chi connectivity index (χ0n) is 20.0. The van der Waals surface area contributed by atoms with Crippen molar-refractivity contribution in [3.63, 3.8) is 0 Å². The molecule has 0 saturated carbocycles. The summed E-state index contributed by atoms with van der Waals surface area (Å²) in [5, 5.41) is 3.80. The van der Waals surface area contributed by atoms with Gasteiger partial charge in [0.15, 0.2) is 0 Å². The van der Waals surface area contributed by atoms with Crippen LogP contribution >= 0.6 is 23.2 Å². The Bertz CT molecular complexity index is 1160. The van der Waals surface area contributed by atoms with Crippen molar-refractivity contribution in [1.82, 2.24) is 10.2 Å². The van der Waals surface area contributed by atoms with E-state index in [9.17, 15) is 14.0 Å². The molecule has 35 heavy (non-hydrogen) atoms. The van der Waals surface area contributed by atoms with Gasteiger partial charge in [0.05, 0.1) is 16.5 Å². The Morgan fingerprint density at radius 1 is 0.886 bits per heavy atom. The second-order valence-corrected chi connectivity index (χ2v) is 10.3. The standard InChI is InChI=1S/C28H29Cl2FN2O2/c1-28(2,3)32-27(35)25(16-19-7-5-4-6-8-19)33(18-21-11-14-23(29)24(30)15-21)26(34)17-20-9-12-22(31)13-10-20/h4-15,25H,16-18H2,1-3H3,(H,32,35)/t25-/m1/s1. The number of carbonyl (C=O) groups is 2. The van der Waals surface area contributed by atoms with E-state index in [2.05, 4.69) is 5.32 Å². The first-order valence-corrected chi connectivity index (χ1v) is 12.1. The first-order valence-electron chi connectivity index (χ1n) is 11.4. The maximum absolute atomic E-state index is 13.6. The third kappa shape index (κ3) is 8.08. The highest BCUT2D eigenvalue weighted by Crippen LogP contribution is 2.25. The van der Waals surface area contributed by atoms with E-state index in [4.69, 9.17) is 23.2 Å². The van der Waals surface area contributed by atoms with Gasteiger partial charge in [0.1, 0.15) is 11.9 Å². The van der Waals surface area contributed by atoms with Crippen molar-refractivity contribution in [1.29, 1.82) is 0 Å². The summed E-state index contributed by atoms with van der Waals surface area (Å²) in [4.78, 5) is 28.7. The topological polar surface area (TPSA) is 49.4 Å². The van der Waals surface area contributed by atoms with Crippen LogP contribution in [-0.2, 0) is 29.0 Å². The van der Waals surface area contributed by atoms with Gasteiger partial charge in [-0.05, 0) is 61.7 Å². The van der Waals surface area contributed by atoms with E-state index in [0.29, 0.717) is 22.0 Å².